The molecule has 0 aromatic carbocycles. The van der Waals surface area contributed by atoms with Crippen molar-refractivity contribution in [1.29, 1.82) is 0 Å². The van der Waals surface area contributed by atoms with E-state index in [-0.39, 0.29) is 0 Å². The summed E-state index contributed by atoms with van der Waals surface area (Å²) in [6.07, 6.45) is 4.18. The summed E-state index contributed by atoms with van der Waals surface area (Å²) in [5.74, 6) is 0.895. The molecule has 1 fully saturated rings. The fourth-order valence-electron chi connectivity index (χ4n) is 1.71. The van der Waals surface area contributed by atoms with Crippen molar-refractivity contribution in [2.24, 2.45) is 5.92 Å². The molecule has 66 valence electrons. The van der Waals surface area contributed by atoms with Gasteiger partial charge in [0.25, 0.3) is 0 Å². The van der Waals surface area contributed by atoms with E-state index in [1.807, 2.05) is 0 Å². The van der Waals surface area contributed by atoms with Gasteiger partial charge in [-0.3, -0.25) is 0 Å². The summed E-state index contributed by atoms with van der Waals surface area (Å²) in [4.78, 5) is 0. The van der Waals surface area contributed by atoms with E-state index in [1.165, 1.54) is 19.3 Å². The monoisotopic (exact) mass is 174 g/mol. The highest BCUT2D eigenvalue weighted by atomic mass is 28.3. The van der Waals surface area contributed by atoms with Crippen LogP contribution in [-0.2, 0) is 8.85 Å². The van der Waals surface area contributed by atoms with Crippen LogP contribution in [0.15, 0.2) is 0 Å². The summed E-state index contributed by atoms with van der Waals surface area (Å²) < 4.78 is 10.7. The smallest absolute Gasteiger partial charge is 0.324 e. The van der Waals surface area contributed by atoms with Crippen molar-refractivity contribution in [3.8, 4) is 0 Å². The molecular weight excluding hydrogens is 156 g/mol. The minimum Gasteiger partial charge on any atom is -0.400 e. The second-order valence-corrected chi connectivity index (χ2v) is 6.12. The van der Waals surface area contributed by atoms with E-state index >= 15 is 0 Å². The molecule has 0 saturated heterocycles. The second-order valence-electron chi connectivity index (χ2n) is 3.39. The molecule has 11 heavy (non-hydrogen) atoms. The molecule has 1 aliphatic carbocycles. The van der Waals surface area contributed by atoms with Gasteiger partial charge in [0.1, 0.15) is 0 Å². The van der Waals surface area contributed by atoms with Crippen molar-refractivity contribution >= 4 is 9.28 Å². The zero-order valence-electron chi connectivity index (χ0n) is 7.67. The minimum atomic E-state index is -1.31. The SMILES string of the molecule is CO[SiH](OC)C(C)C1CCC1. The van der Waals surface area contributed by atoms with Crippen LogP contribution in [0.2, 0.25) is 5.54 Å². The molecule has 0 heterocycles. The fourth-order valence-corrected chi connectivity index (χ4v) is 3.59. The third kappa shape index (κ3) is 2.04. The van der Waals surface area contributed by atoms with E-state index in [0.29, 0.717) is 5.54 Å². The Bertz CT molecular complexity index is 111. The van der Waals surface area contributed by atoms with Gasteiger partial charge in [-0.05, 0) is 11.5 Å². The summed E-state index contributed by atoms with van der Waals surface area (Å²) in [5.41, 5.74) is 0.693. The van der Waals surface area contributed by atoms with Gasteiger partial charge in [0.05, 0.1) is 0 Å². The molecule has 1 unspecified atom stereocenters. The highest BCUT2D eigenvalue weighted by molar-refractivity contribution is 6.46. The maximum atomic E-state index is 5.33. The lowest BCUT2D eigenvalue weighted by Crippen LogP contribution is -2.32. The van der Waals surface area contributed by atoms with E-state index in [1.54, 1.807) is 14.2 Å². The van der Waals surface area contributed by atoms with Crippen molar-refractivity contribution in [2.75, 3.05) is 14.2 Å². The predicted molar refractivity (Wildman–Crippen MR) is 47.9 cm³/mol. The molecule has 1 saturated carbocycles. The molecule has 1 aliphatic rings. The Balaban J connectivity index is 2.30. The molecule has 0 aromatic heterocycles. The topological polar surface area (TPSA) is 18.5 Å². The van der Waals surface area contributed by atoms with Gasteiger partial charge in [0.15, 0.2) is 0 Å². The average Bonchev–Trinajstić information content (AvgIpc) is 1.86. The number of rotatable bonds is 4. The molecule has 0 amide bonds. The normalized spacial score (nSPS) is 21.8. The lowest BCUT2D eigenvalue weighted by molar-refractivity contribution is 0.220. The third-order valence-corrected chi connectivity index (χ3v) is 5.12. The van der Waals surface area contributed by atoms with Gasteiger partial charge in [-0.15, -0.1) is 0 Å². The van der Waals surface area contributed by atoms with Crippen molar-refractivity contribution in [3.05, 3.63) is 0 Å². The maximum absolute atomic E-state index is 5.33. The van der Waals surface area contributed by atoms with Crippen LogP contribution in [0, 0.1) is 5.92 Å². The van der Waals surface area contributed by atoms with Crippen LogP contribution in [0.25, 0.3) is 0 Å². The average molecular weight is 174 g/mol. The van der Waals surface area contributed by atoms with Gasteiger partial charge in [-0.25, -0.2) is 0 Å². The lowest BCUT2D eigenvalue weighted by atomic mass is 9.83. The van der Waals surface area contributed by atoms with Gasteiger partial charge >= 0.3 is 9.28 Å². The van der Waals surface area contributed by atoms with Crippen LogP contribution < -0.4 is 0 Å². The largest absolute Gasteiger partial charge is 0.400 e. The Morgan fingerprint density at radius 1 is 1.27 bits per heavy atom. The first-order valence-electron chi connectivity index (χ1n) is 4.35. The molecule has 0 spiro atoms. The van der Waals surface area contributed by atoms with Crippen molar-refractivity contribution in [3.63, 3.8) is 0 Å². The Morgan fingerprint density at radius 3 is 2.09 bits per heavy atom. The van der Waals surface area contributed by atoms with Crippen LogP contribution in [-0.4, -0.2) is 23.5 Å². The Hall–Kier alpha value is 0.137. The molecule has 1 atom stereocenters. The highest BCUT2D eigenvalue weighted by Gasteiger charge is 2.31. The quantitative estimate of drug-likeness (QED) is 0.604. The van der Waals surface area contributed by atoms with E-state index in [0.717, 1.165) is 5.92 Å². The molecule has 2 nitrogen and oxygen atoms in total. The molecule has 0 radical (unpaired) electrons. The Labute approximate surface area is 70.7 Å². The predicted octanol–water partition coefficient (Wildman–Crippen LogP) is 1.69. The zero-order valence-corrected chi connectivity index (χ0v) is 8.82. The highest BCUT2D eigenvalue weighted by Crippen LogP contribution is 2.38. The van der Waals surface area contributed by atoms with E-state index in [9.17, 15) is 0 Å². The fraction of sp³-hybridized carbons (Fsp3) is 1.00. The summed E-state index contributed by atoms with van der Waals surface area (Å²) in [5, 5.41) is 0. The molecule has 1 rings (SSSR count). The number of hydrogen-bond donors (Lipinski definition) is 0. The minimum absolute atomic E-state index is 0.693. The third-order valence-electron chi connectivity index (χ3n) is 2.79. The number of hydrogen-bond acceptors (Lipinski definition) is 2. The summed E-state index contributed by atoms with van der Waals surface area (Å²) in [7, 11) is 2.24. The first-order chi connectivity index (χ1) is 5.29. The Morgan fingerprint density at radius 2 is 1.82 bits per heavy atom. The van der Waals surface area contributed by atoms with E-state index < -0.39 is 9.28 Å². The molecule has 0 aromatic rings. The Kier molecular flexibility index (Phi) is 3.55. The van der Waals surface area contributed by atoms with Gasteiger partial charge in [-0.1, -0.05) is 26.2 Å². The van der Waals surface area contributed by atoms with Crippen molar-refractivity contribution < 1.29 is 8.85 Å². The van der Waals surface area contributed by atoms with Crippen molar-refractivity contribution in [1.82, 2.24) is 0 Å². The van der Waals surface area contributed by atoms with Crippen LogP contribution in [0.5, 0.6) is 0 Å². The first-order valence-corrected chi connectivity index (χ1v) is 5.96. The summed E-state index contributed by atoms with van der Waals surface area (Å²) in [6.45, 7) is 2.27. The molecule has 0 N–H and O–H groups in total. The molecule has 3 heteroatoms. The van der Waals surface area contributed by atoms with Crippen LogP contribution in [0.3, 0.4) is 0 Å². The maximum Gasteiger partial charge on any atom is 0.324 e. The van der Waals surface area contributed by atoms with E-state index in [4.69, 9.17) is 8.85 Å². The van der Waals surface area contributed by atoms with Crippen LogP contribution in [0.4, 0.5) is 0 Å². The van der Waals surface area contributed by atoms with Gasteiger partial charge < -0.3 is 8.85 Å². The summed E-state index contributed by atoms with van der Waals surface area (Å²) >= 11 is 0. The molecule has 0 bridgehead atoms. The lowest BCUT2D eigenvalue weighted by Gasteiger charge is -2.33. The second kappa shape index (κ2) is 4.23. The van der Waals surface area contributed by atoms with E-state index in [2.05, 4.69) is 6.92 Å². The standard InChI is InChI=1S/C8H18O2Si/c1-7(8-5-4-6-8)11(9-2)10-3/h7-8,11H,4-6H2,1-3H3. The van der Waals surface area contributed by atoms with Crippen LogP contribution in [0.1, 0.15) is 26.2 Å². The molecular formula is C8H18O2Si. The van der Waals surface area contributed by atoms with Crippen molar-refractivity contribution in [2.45, 2.75) is 31.7 Å². The first kappa shape index (κ1) is 9.23. The molecule has 0 aliphatic heterocycles. The van der Waals surface area contributed by atoms with Gasteiger partial charge in [-0.2, -0.15) is 0 Å². The van der Waals surface area contributed by atoms with Crippen LogP contribution >= 0.6 is 0 Å². The van der Waals surface area contributed by atoms with Gasteiger partial charge in [0.2, 0.25) is 0 Å². The summed E-state index contributed by atoms with van der Waals surface area (Å²) in [6, 6.07) is 0. The van der Waals surface area contributed by atoms with Gasteiger partial charge in [0, 0.05) is 14.2 Å². The zero-order chi connectivity index (χ0) is 8.27.